The Bertz CT molecular complexity index is 781. The molecule has 0 heterocycles. The molecule has 0 spiro atoms. The third-order valence-electron chi connectivity index (χ3n) is 2.60. The summed E-state index contributed by atoms with van der Waals surface area (Å²) in [6, 6.07) is 7.81. The van der Waals surface area contributed by atoms with Gasteiger partial charge in [-0.1, -0.05) is 23.2 Å². The molecule has 2 aromatic carbocycles. The summed E-state index contributed by atoms with van der Waals surface area (Å²) in [7, 11) is -4.00. The van der Waals surface area contributed by atoms with Crippen LogP contribution in [0.2, 0.25) is 10.0 Å². The maximum absolute atomic E-state index is 13.1. The molecule has 0 fully saturated rings. The van der Waals surface area contributed by atoms with Crippen molar-refractivity contribution in [2.75, 3.05) is 0 Å². The van der Waals surface area contributed by atoms with E-state index in [1.165, 1.54) is 36.4 Å². The Labute approximate surface area is 131 Å². The standard InChI is InChI=1S/C13H10Cl2FNO3S/c14-9-1-4-12(13(6-9)21(17,18)19)20-7-8-5-10(16)2-3-11(8)15/h1-6H,7H2,(H2,17,18,19). The summed E-state index contributed by atoms with van der Waals surface area (Å²) in [5, 5.41) is 5.61. The molecule has 2 aromatic rings. The van der Waals surface area contributed by atoms with Crippen LogP contribution in [0, 0.1) is 5.82 Å². The molecule has 0 aliphatic carbocycles. The Kier molecular flexibility index (Phi) is 4.73. The van der Waals surface area contributed by atoms with E-state index in [0.717, 1.165) is 0 Å². The fourth-order valence-electron chi connectivity index (χ4n) is 1.63. The molecule has 112 valence electrons. The average molecular weight is 350 g/mol. The van der Waals surface area contributed by atoms with Crippen LogP contribution in [-0.4, -0.2) is 8.42 Å². The van der Waals surface area contributed by atoms with Gasteiger partial charge in [-0.2, -0.15) is 0 Å². The molecule has 8 heteroatoms. The number of rotatable bonds is 4. The SMILES string of the molecule is NS(=O)(=O)c1cc(Cl)ccc1OCc1cc(F)ccc1Cl. The van der Waals surface area contributed by atoms with E-state index in [4.69, 9.17) is 33.1 Å². The van der Waals surface area contributed by atoms with Gasteiger partial charge in [0.15, 0.2) is 0 Å². The number of benzene rings is 2. The number of hydrogen-bond donors (Lipinski definition) is 1. The van der Waals surface area contributed by atoms with Crippen molar-refractivity contribution in [3.63, 3.8) is 0 Å². The van der Waals surface area contributed by atoms with Gasteiger partial charge in [-0.15, -0.1) is 0 Å². The number of primary sulfonamides is 1. The third-order valence-corrected chi connectivity index (χ3v) is 4.14. The molecule has 4 nitrogen and oxygen atoms in total. The first-order valence-corrected chi connectivity index (χ1v) is 7.96. The van der Waals surface area contributed by atoms with E-state index >= 15 is 0 Å². The molecule has 0 unspecified atom stereocenters. The van der Waals surface area contributed by atoms with Crippen molar-refractivity contribution in [2.45, 2.75) is 11.5 Å². The second-order valence-electron chi connectivity index (χ2n) is 4.16. The van der Waals surface area contributed by atoms with Crippen molar-refractivity contribution in [3.8, 4) is 5.75 Å². The van der Waals surface area contributed by atoms with E-state index in [-0.39, 0.29) is 22.3 Å². The topological polar surface area (TPSA) is 69.4 Å². The number of ether oxygens (including phenoxy) is 1. The number of hydrogen-bond acceptors (Lipinski definition) is 3. The van der Waals surface area contributed by atoms with Crippen LogP contribution >= 0.6 is 23.2 Å². The Morgan fingerprint density at radius 2 is 1.86 bits per heavy atom. The molecule has 0 aromatic heterocycles. The molecule has 2 rings (SSSR count). The lowest BCUT2D eigenvalue weighted by Crippen LogP contribution is -2.14. The normalized spacial score (nSPS) is 11.4. The molecular weight excluding hydrogens is 340 g/mol. The van der Waals surface area contributed by atoms with Crippen molar-refractivity contribution in [1.82, 2.24) is 0 Å². The Morgan fingerprint density at radius 1 is 1.14 bits per heavy atom. The van der Waals surface area contributed by atoms with Gasteiger partial charge in [0.25, 0.3) is 0 Å². The molecule has 0 saturated heterocycles. The second-order valence-corrected chi connectivity index (χ2v) is 6.53. The first-order chi connectivity index (χ1) is 9.77. The van der Waals surface area contributed by atoms with Gasteiger partial charge in [-0.3, -0.25) is 0 Å². The fourth-order valence-corrected chi connectivity index (χ4v) is 2.74. The number of nitrogens with two attached hydrogens (primary N) is 1. The lowest BCUT2D eigenvalue weighted by Gasteiger charge is -2.11. The first kappa shape index (κ1) is 16.0. The minimum Gasteiger partial charge on any atom is -0.487 e. The maximum Gasteiger partial charge on any atom is 0.241 e. The van der Waals surface area contributed by atoms with Crippen LogP contribution in [0.25, 0.3) is 0 Å². The second kappa shape index (κ2) is 6.19. The molecule has 0 bridgehead atoms. The van der Waals surface area contributed by atoms with Crippen molar-refractivity contribution in [3.05, 3.63) is 57.8 Å². The highest BCUT2D eigenvalue weighted by molar-refractivity contribution is 7.89. The maximum atomic E-state index is 13.1. The monoisotopic (exact) mass is 349 g/mol. The molecule has 0 aliphatic rings. The van der Waals surface area contributed by atoms with Crippen LogP contribution in [0.3, 0.4) is 0 Å². The minimum absolute atomic E-state index is 0.0160. The summed E-state index contributed by atoms with van der Waals surface area (Å²) in [6.45, 7) is -0.110. The third kappa shape index (κ3) is 4.07. The summed E-state index contributed by atoms with van der Waals surface area (Å²) < 4.78 is 41.5. The quantitative estimate of drug-likeness (QED) is 0.919. The predicted molar refractivity (Wildman–Crippen MR) is 78.6 cm³/mol. The Morgan fingerprint density at radius 3 is 2.52 bits per heavy atom. The van der Waals surface area contributed by atoms with E-state index in [1.807, 2.05) is 0 Å². The zero-order valence-corrected chi connectivity index (χ0v) is 12.8. The van der Waals surface area contributed by atoms with Gasteiger partial charge in [0.1, 0.15) is 23.1 Å². The lowest BCUT2D eigenvalue weighted by atomic mass is 10.2. The van der Waals surface area contributed by atoms with Crippen molar-refractivity contribution >= 4 is 33.2 Å². The van der Waals surface area contributed by atoms with Gasteiger partial charge in [0, 0.05) is 15.6 Å². The zero-order chi connectivity index (χ0) is 15.6. The predicted octanol–water partition coefficient (Wildman–Crippen LogP) is 3.36. The molecule has 21 heavy (non-hydrogen) atoms. The zero-order valence-electron chi connectivity index (χ0n) is 10.5. The molecule has 0 saturated carbocycles. The largest absolute Gasteiger partial charge is 0.487 e. The molecule has 0 radical (unpaired) electrons. The van der Waals surface area contributed by atoms with E-state index in [1.54, 1.807) is 0 Å². The lowest BCUT2D eigenvalue weighted by molar-refractivity contribution is 0.297. The summed E-state index contributed by atoms with van der Waals surface area (Å²) in [4.78, 5) is -0.248. The number of sulfonamides is 1. The molecule has 0 amide bonds. The van der Waals surface area contributed by atoms with Gasteiger partial charge >= 0.3 is 0 Å². The minimum atomic E-state index is -4.00. The highest BCUT2D eigenvalue weighted by Gasteiger charge is 2.16. The molecule has 0 aliphatic heterocycles. The van der Waals surface area contributed by atoms with E-state index in [0.29, 0.717) is 10.6 Å². The molecule has 2 N–H and O–H groups in total. The van der Waals surface area contributed by atoms with E-state index < -0.39 is 15.8 Å². The highest BCUT2D eigenvalue weighted by Crippen LogP contribution is 2.28. The Hall–Kier alpha value is -1.34. The smallest absolute Gasteiger partial charge is 0.241 e. The van der Waals surface area contributed by atoms with Gasteiger partial charge in [-0.05, 0) is 36.4 Å². The first-order valence-electron chi connectivity index (χ1n) is 5.66. The van der Waals surface area contributed by atoms with Crippen LogP contribution in [0.1, 0.15) is 5.56 Å². The summed E-state index contributed by atoms with van der Waals surface area (Å²) in [6.07, 6.45) is 0. The van der Waals surface area contributed by atoms with Crippen molar-refractivity contribution in [1.29, 1.82) is 0 Å². The number of halogens is 3. The molecule has 0 atom stereocenters. The summed E-state index contributed by atoms with van der Waals surface area (Å²) >= 11 is 11.6. The van der Waals surface area contributed by atoms with Gasteiger partial charge in [-0.25, -0.2) is 17.9 Å². The van der Waals surface area contributed by atoms with Gasteiger partial charge < -0.3 is 4.74 Å². The van der Waals surface area contributed by atoms with Crippen LogP contribution in [0.15, 0.2) is 41.3 Å². The van der Waals surface area contributed by atoms with Crippen molar-refractivity contribution < 1.29 is 17.5 Å². The Balaban J connectivity index is 2.30. The van der Waals surface area contributed by atoms with Crippen LogP contribution in [0.5, 0.6) is 5.75 Å². The van der Waals surface area contributed by atoms with Gasteiger partial charge in [0.2, 0.25) is 10.0 Å². The van der Waals surface area contributed by atoms with Crippen molar-refractivity contribution in [2.24, 2.45) is 5.14 Å². The van der Waals surface area contributed by atoms with E-state index in [9.17, 15) is 12.8 Å². The molecular formula is C13H10Cl2FNO3S. The highest BCUT2D eigenvalue weighted by atomic mass is 35.5. The summed E-state index contributed by atoms with van der Waals surface area (Å²) in [5.41, 5.74) is 0.381. The summed E-state index contributed by atoms with van der Waals surface area (Å²) in [5.74, 6) is -0.456. The van der Waals surface area contributed by atoms with Gasteiger partial charge in [0.05, 0.1) is 0 Å². The van der Waals surface area contributed by atoms with Crippen LogP contribution < -0.4 is 9.88 Å². The van der Waals surface area contributed by atoms with Crippen LogP contribution in [0.4, 0.5) is 4.39 Å². The fraction of sp³-hybridized carbons (Fsp3) is 0.0769. The average Bonchev–Trinajstić information content (AvgIpc) is 2.40. The van der Waals surface area contributed by atoms with Crippen LogP contribution in [-0.2, 0) is 16.6 Å². The van der Waals surface area contributed by atoms with E-state index in [2.05, 4.69) is 0 Å².